The highest BCUT2D eigenvalue weighted by molar-refractivity contribution is 5.89. The molecule has 0 aliphatic rings. The van der Waals surface area contributed by atoms with Crippen LogP contribution < -0.4 is 5.32 Å². The summed E-state index contributed by atoms with van der Waals surface area (Å²) < 4.78 is 0. The minimum atomic E-state index is -0.477. The van der Waals surface area contributed by atoms with Crippen LogP contribution in [0.25, 0.3) is 10.8 Å². The van der Waals surface area contributed by atoms with Gasteiger partial charge in [-0.15, -0.1) is 0 Å². The van der Waals surface area contributed by atoms with Crippen LogP contribution in [0.4, 0.5) is 0 Å². The van der Waals surface area contributed by atoms with Gasteiger partial charge in [0.1, 0.15) is 6.04 Å². The van der Waals surface area contributed by atoms with Crippen LogP contribution in [-0.4, -0.2) is 29.8 Å². The van der Waals surface area contributed by atoms with E-state index in [1.807, 2.05) is 56.3 Å². The lowest BCUT2D eigenvalue weighted by atomic mass is 10.00. The average Bonchev–Trinajstić information content (AvgIpc) is 2.78. The normalized spacial score (nSPS) is 11.8. The molecule has 0 saturated heterocycles. The second-order valence-corrected chi connectivity index (χ2v) is 7.62. The molecule has 0 spiro atoms. The zero-order valence-electron chi connectivity index (χ0n) is 18.0. The molecule has 0 saturated carbocycles. The molecule has 0 aliphatic carbocycles. The quantitative estimate of drug-likeness (QED) is 0.597. The van der Waals surface area contributed by atoms with Gasteiger partial charge in [-0.2, -0.15) is 0 Å². The van der Waals surface area contributed by atoms with E-state index in [1.165, 1.54) is 10.8 Å². The number of carbonyl (C=O) groups is 2. The predicted molar refractivity (Wildman–Crippen MR) is 122 cm³/mol. The Balaban J connectivity index is 1.83. The summed E-state index contributed by atoms with van der Waals surface area (Å²) in [7, 11) is 1.62. The Labute approximate surface area is 178 Å². The first-order valence-electron chi connectivity index (χ1n) is 10.6. The first-order valence-corrected chi connectivity index (χ1v) is 10.6. The largest absolute Gasteiger partial charge is 0.357 e. The summed E-state index contributed by atoms with van der Waals surface area (Å²) in [6, 6.07) is 22.0. The van der Waals surface area contributed by atoms with Crippen molar-refractivity contribution in [2.75, 3.05) is 7.05 Å². The van der Waals surface area contributed by atoms with Crippen LogP contribution in [0, 0.1) is 6.92 Å². The van der Waals surface area contributed by atoms with Crippen molar-refractivity contribution in [3.05, 3.63) is 83.4 Å². The second-order valence-electron chi connectivity index (χ2n) is 7.62. The second kappa shape index (κ2) is 10.1. The van der Waals surface area contributed by atoms with Gasteiger partial charge >= 0.3 is 0 Å². The van der Waals surface area contributed by atoms with E-state index in [2.05, 4.69) is 29.6 Å². The molecule has 0 heterocycles. The highest BCUT2D eigenvalue weighted by atomic mass is 16.2. The summed E-state index contributed by atoms with van der Waals surface area (Å²) in [5.41, 5.74) is 3.35. The third kappa shape index (κ3) is 4.88. The lowest BCUT2D eigenvalue weighted by Crippen LogP contribution is -2.48. The number of amides is 2. The van der Waals surface area contributed by atoms with Crippen molar-refractivity contribution in [3.63, 3.8) is 0 Å². The first-order chi connectivity index (χ1) is 14.5. The lowest BCUT2D eigenvalue weighted by Gasteiger charge is -2.31. The van der Waals surface area contributed by atoms with E-state index in [0.29, 0.717) is 25.8 Å². The smallest absolute Gasteiger partial charge is 0.242 e. The molecule has 0 radical (unpaired) electrons. The summed E-state index contributed by atoms with van der Waals surface area (Å²) in [6.45, 7) is 4.42. The molecule has 0 aliphatic heterocycles. The zero-order valence-corrected chi connectivity index (χ0v) is 18.0. The molecule has 4 heteroatoms. The van der Waals surface area contributed by atoms with Gasteiger partial charge in [0.25, 0.3) is 0 Å². The van der Waals surface area contributed by atoms with Crippen molar-refractivity contribution in [1.82, 2.24) is 10.2 Å². The minimum absolute atomic E-state index is 0.00152. The fourth-order valence-corrected chi connectivity index (χ4v) is 3.95. The van der Waals surface area contributed by atoms with Gasteiger partial charge in [-0.3, -0.25) is 9.59 Å². The molecule has 1 N–H and O–H groups in total. The Bertz CT molecular complexity index is 1020. The maximum Gasteiger partial charge on any atom is 0.242 e. The van der Waals surface area contributed by atoms with Crippen molar-refractivity contribution < 1.29 is 9.59 Å². The van der Waals surface area contributed by atoms with Crippen molar-refractivity contribution in [2.45, 2.75) is 45.7 Å². The zero-order chi connectivity index (χ0) is 21.5. The molecular weight excluding hydrogens is 372 g/mol. The summed E-state index contributed by atoms with van der Waals surface area (Å²) >= 11 is 0. The van der Waals surface area contributed by atoms with E-state index in [-0.39, 0.29) is 11.8 Å². The van der Waals surface area contributed by atoms with Gasteiger partial charge in [-0.05, 0) is 47.2 Å². The highest BCUT2D eigenvalue weighted by Crippen LogP contribution is 2.21. The highest BCUT2D eigenvalue weighted by Gasteiger charge is 2.28. The Morgan fingerprint density at radius 3 is 2.33 bits per heavy atom. The molecule has 0 bridgehead atoms. The molecule has 2 amide bonds. The molecule has 3 aromatic rings. The van der Waals surface area contributed by atoms with Gasteiger partial charge in [-0.25, -0.2) is 0 Å². The molecule has 1 atom stereocenters. The Morgan fingerprint density at radius 1 is 0.933 bits per heavy atom. The van der Waals surface area contributed by atoms with Gasteiger partial charge in [0, 0.05) is 20.0 Å². The fourth-order valence-electron chi connectivity index (χ4n) is 3.95. The average molecular weight is 403 g/mol. The standard InChI is InChI=1S/C26H30N2O2/c1-4-24(26(30)27-3)28(18-22-12-6-5-10-19(22)2)25(29)17-16-21-14-9-13-20-11-7-8-15-23(20)21/h5-15,24H,4,16-18H2,1-3H3,(H,27,30)/t24-/m0/s1. The van der Waals surface area contributed by atoms with Crippen molar-refractivity contribution in [3.8, 4) is 0 Å². The third-order valence-corrected chi connectivity index (χ3v) is 5.72. The van der Waals surface area contributed by atoms with Gasteiger partial charge in [-0.1, -0.05) is 73.7 Å². The number of rotatable bonds is 8. The molecule has 0 fully saturated rings. The number of nitrogens with zero attached hydrogens (tertiary/aromatic N) is 1. The number of hydrogen-bond donors (Lipinski definition) is 1. The van der Waals surface area contributed by atoms with Crippen LogP contribution in [0.2, 0.25) is 0 Å². The van der Waals surface area contributed by atoms with Crippen LogP contribution in [0.15, 0.2) is 66.7 Å². The maximum atomic E-state index is 13.3. The summed E-state index contributed by atoms with van der Waals surface area (Å²) in [5.74, 6) is -0.119. The van der Waals surface area contributed by atoms with E-state index < -0.39 is 6.04 Å². The van der Waals surface area contributed by atoms with E-state index >= 15 is 0 Å². The molecule has 3 rings (SSSR count). The maximum absolute atomic E-state index is 13.3. The molecule has 156 valence electrons. The molecule has 4 nitrogen and oxygen atoms in total. The summed E-state index contributed by atoms with van der Waals surface area (Å²) in [5, 5.41) is 5.07. The first kappa shape index (κ1) is 21.6. The van der Waals surface area contributed by atoms with Crippen LogP contribution >= 0.6 is 0 Å². The number of carbonyl (C=O) groups excluding carboxylic acids is 2. The SMILES string of the molecule is CC[C@@H](C(=O)NC)N(Cc1ccccc1C)C(=O)CCc1cccc2ccccc12. The number of likely N-dealkylation sites (N-methyl/N-ethyl adjacent to an activating group) is 1. The number of nitrogens with one attached hydrogen (secondary N) is 1. The number of fused-ring (bicyclic) bond motifs is 1. The molecule has 3 aromatic carbocycles. The molecule has 30 heavy (non-hydrogen) atoms. The van der Waals surface area contributed by atoms with Crippen LogP contribution in [-0.2, 0) is 22.6 Å². The Kier molecular flexibility index (Phi) is 7.23. The van der Waals surface area contributed by atoms with Crippen LogP contribution in [0.1, 0.15) is 36.5 Å². The minimum Gasteiger partial charge on any atom is -0.357 e. The predicted octanol–water partition coefficient (Wildman–Crippen LogP) is 4.63. The molecule has 0 unspecified atom stereocenters. The van der Waals surface area contributed by atoms with E-state index in [9.17, 15) is 9.59 Å². The Hall–Kier alpha value is -3.14. The Morgan fingerprint density at radius 2 is 1.60 bits per heavy atom. The van der Waals surface area contributed by atoms with Crippen molar-refractivity contribution in [1.29, 1.82) is 0 Å². The number of hydrogen-bond acceptors (Lipinski definition) is 2. The summed E-state index contributed by atoms with van der Waals surface area (Å²) in [6.07, 6.45) is 1.59. The number of benzene rings is 3. The van der Waals surface area contributed by atoms with E-state index in [1.54, 1.807) is 11.9 Å². The lowest BCUT2D eigenvalue weighted by molar-refractivity contribution is -0.141. The van der Waals surface area contributed by atoms with Gasteiger partial charge in [0.05, 0.1) is 0 Å². The van der Waals surface area contributed by atoms with Gasteiger partial charge in [0.2, 0.25) is 11.8 Å². The van der Waals surface area contributed by atoms with Crippen LogP contribution in [0.3, 0.4) is 0 Å². The van der Waals surface area contributed by atoms with E-state index in [4.69, 9.17) is 0 Å². The molecular formula is C26H30N2O2. The fraction of sp³-hybridized carbons (Fsp3) is 0.308. The van der Waals surface area contributed by atoms with Crippen molar-refractivity contribution in [2.24, 2.45) is 0 Å². The van der Waals surface area contributed by atoms with Crippen molar-refractivity contribution >= 4 is 22.6 Å². The third-order valence-electron chi connectivity index (χ3n) is 5.72. The number of aryl methyl sites for hydroxylation is 2. The summed E-state index contributed by atoms with van der Waals surface area (Å²) in [4.78, 5) is 27.6. The van der Waals surface area contributed by atoms with Crippen LogP contribution in [0.5, 0.6) is 0 Å². The van der Waals surface area contributed by atoms with Gasteiger partial charge < -0.3 is 10.2 Å². The molecule has 0 aromatic heterocycles. The van der Waals surface area contributed by atoms with Gasteiger partial charge in [0.15, 0.2) is 0 Å². The topological polar surface area (TPSA) is 49.4 Å². The van der Waals surface area contributed by atoms with E-state index in [0.717, 1.165) is 16.7 Å². The monoisotopic (exact) mass is 402 g/mol.